The predicted octanol–water partition coefficient (Wildman–Crippen LogP) is 3.36. The maximum atomic E-state index is 9.97. The minimum absolute atomic E-state index is 0. The average molecular weight is 288 g/mol. The summed E-state index contributed by atoms with van der Waals surface area (Å²) in [5.41, 5.74) is 5.53. The third-order valence-electron chi connectivity index (χ3n) is 2.82. The van der Waals surface area contributed by atoms with Gasteiger partial charge < -0.3 is 4.74 Å². The maximum Gasteiger partial charge on any atom is 0.294 e. The van der Waals surface area contributed by atoms with Crippen LogP contribution in [-0.4, -0.2) is 12.7 Å². The number of unbranched alkanes of at least 4 members (excludes halogenated alkanes) is 8. The van der Waals surface area contributed by atoms with Gasteiger partial charge in [0.25, 0.3) is 6.47 Å². The van der Waals surface area contributed by atoms with Crippen molar-refractivity contribution in [3.63, 3.8) is 0 Å². The number of nitrogens with two attached hydrogens (primary N) is 1. The van der Waals surface area contributed by atoms with Crippen molar-refractivity contribution in [3.05, 3.63) is 0 Å². The van der Waals surface area contributed by atoms with Crippen molar-refractivity contribution >= 4 is 6.47 Å². The molecule has 1 atom stereocenters. The first kappa shape index (κ1) is 19.3. The van der Waals surface area contributed by atoms with Crippen LogP contribution in [0.15, 0.2) is 0 Å². The number of hydrogen-bond acceptors (Lipinski definition) is 3. The van der Waals surface area contributed by atoms with Crippen LogP contribution in [0, 0.1) is 0 Å². The second-order valence-electron chi connectivity index (χ2n) is 4.39. The predicted molar refractivity (Wildman–Crippen MR) is 67.0 cm³/mol. The second kappa shape index (κ2) is 15.9. The van der Waals surface area contributed by atoms with Crippen LogP contribution in [0.4, 0.5) is 0 Å². The Morgan fingerprint density at radius 1 is 1.00 bits per heavy atom. The van der Waals surface area contributed by atoms with E-state index in [1.54, 1.807) is 0 Å². The van der Waals surface area contributed by atoms with E-state index in [9.17, 15) is 4.79 Å². The van der Waals surface area contributed by atoms with Gasteiger partial charge in [-0.25, -0.2) is 0 Å². The van der Waals surface area contributed by atoms with E-state index in [0.29, 0.717) is 6.47 Å². The summed E-state index contributed by atoms with van der Waals surface area (Å²) in [6.45, 7) is 2.67. The number of carbonyl (C=O) groups is 1. The van der Waals surface area contributed by atoms with Crippen molar-refractivity contribution < 1.29 is 26.0 Å². The Bertz CT molecular complexity index is 156. The van der Waals surface area contributed by atoms with Crippen molar-refractivity contribution in [1.82, 2.24) is 0 Å². The van der Waals surface area contributed by atoms with Crippen LogP contribution in [0.2, 0.25) is 0 Å². The quantitative estimate of drug-likeness (QED) is 0.259. The molecule has 0 aliphatic rings. The van der Waals surface area contributed by atoms with E-state index in [4.69, 9.17) is 5.73 Å². The normalized spacial score (nSPS) is 11.6. The molecule has 4 heteroatoms. The summed E-state index contributed by atoms with van der Waals surface area (Å²) in [5.74, 6) is 0. The first-order valence-electron chi connectivity index (χ1n) is 6.66. The second-order valence-corrected chi connectivity index (χ2v) is 4.39. The number of hydrogen-bond donors (Lipinski definition) is 1. The van der Waals surface area contributed by atoms with E-state index in [-0.39, 0.29) is 16.5 Å². The Hall–Kier alpha value is -0.0765. The van der Waals surface area contributed by atoms with Gasteiger partial charge in [-0.1, -0.05) is 58.3 Å². The molecule has 0 amide bonds. The van der Waals surface area contributed by atoms with Crippen molar-refractivity contribution in [2.45, 2.75) is 77.4 Å². The van der Waals surface area contributed by atoms with Crippen molar-refractivity contribution in [3.8, 4) is 0 Å². The molecule has 0 spiro atoms. The standard InChI is InChI=1S/C13H27NO2.Ni/c1-2-3-4-5-6-7-8-9-10-11-13(14)16-12-15;/h12-13H,2-11,14H2,1H3;. The molecule has 0 fully saturated rings. The average Bonchev–Trinajstić information content (AvgIpc) is 2.27. The molecule has 0 aromatic carbocycles. The Kier molecular flexibility index (Phi) is 18.0. The van der Waals surface area contributed by atoms with Crippen molar-refractivity contribution in [2.24, 2.45) is 5.73 Å². The summed E-state index contributed by atoms with van der Waals surface area (Å²) >= 11 is 0. The minimum Gasteiger partial charge on any atom is -0.449 e. The molecule has 3 nitrogen and oxygen atoms in total. The zero-order valence-electron chi connectivity index (χ0n) is 10.9. The molecular formula is C13H27NNiO2. The van der Waals surface area contributed by atoms with E-state index in [2.05, 4.69) is 11.7 Å². The minimum atomic E-state index is -0.401. The van der Waals surface area contributed by atoms with Gasteiger partial charge >= 0.3 is 0 Å². The van der Waals surface area contributed by atoms with Crippen molar-refractivity contribution in [2.75, 3.05) is 0 Å². The van der Waals surface area contributed by atoms with Gasteiger partial charge in [0.15, 0.2) is 6.23 Å². The van der Waals surface area contributed by atoms with Gasteiger partial charge in [-0.15, -0.1) is 0 Å². The zero-order chi connectivity index (χ0) is 12.1. The van der Waals surface area contributed by atoms with Gasteiger partial charge in [-0.2, -0.15) is 0 Å². The molecule has 0 bridgehead atoms. The molecular weight excluding hydrogens is 261 g/mol. The third-order valence-corrected chi connectivity index (χ3v) is 2.82. The van der Waals surface area contributed by atoms with Crippen LogP contribution >= 0.6 is 0 Å². The summed E-state index contributed by atoms with van der Waals surface area (Å²) in [5, 5.41) is 0. The number of carbonyl (C=O) groups excluding carboxylic acids is 1. The fourth-order valence-electron chi connectivity index (χ4n) is 1.80. The fourth-order valence-corrected chi connectivity index (χ4v) is 1.80. The summed E-state index contributed by atoms with van der Waals surface area (Å²) in [6, 6.07) is 0. The smallest absolute Gasteiger partial charge is 0.294 e. The Balaban J connectivity index is 0. The fraction of sp³-hybridized carbons (Fsp3) is 0.923. The molecule has 0 aromatic rings. The first-order chi connectivity index (χ1) is 7.81. The van der Waals surface area contributed by atoms with E-state index in [0.717, 1.165) is 12.8 Å². The molecule has 0 saturated carbocycles. The SMILES string of the molecule is CCCCCCCCCCCC(N)OC=O.[Ni]. The van der Waals surface area contributed by atoms with E-state index in [1.165, 1.54) is 51.4 Å². The first-order valence-corrected chi connectivity index (χ1v) is 6.66. The van der Waals surface area contributed by atoms with Gasteiger partial charge in [0.2, 0.25) is 0 Å². The Labute approximate surface area is 116 Å². The van der Waals surface area contributed by atoms with Gasteiger partial charge in [0, 0.05) is 16.5 Å². The van der Waals surface area contributed by atoms with Gasteiger partial charge in [-0.05, 0) is 12.8 Å². The molecule has 2 N–H and O–H groups in total. The monoisotopic (exact) mass is 287 g/mol. The van der Waals surface area contributed by atoms with E-state index < -0.39 is 6.23 Å². The van der Waals surface area contributed by atoms with E-state index >= 15 is 0 Å². The van der Waals surface area contributed by atoms with Crippen molar-refractivity contribution in [1.29, 1.82) is 0 Å². The summed E-state index contributed by atoms with van der Waals surface area (Å²) in [6.07, 6.45) is 12.1. The Morgan fingerprint density at radius 2 is 1.47 bits per heavy atom. The molecule has 0 rings (SSSR count). The molecule has 0 aliphatic heterocycles. The molecule has 0 heterocycles. The van der Waals surface area contributed by atoms with Crippen LogP contribution in [0.25, 0.3) is 0 Å². The van der Waals surface area contributed by atoms with Crippen LogP contribution in [-0.2, 0) is 26.0 Å². The molecule has 0 radical (unpaired) electrons. The molecule has 17 heavy (non-hydrogen) atoms. The zero-order valence-corrected chi connectivity index (χ0v) is 11.9. The van der Waals surface area contributed by atoms with Gasteiger partial charge in [0.1, 0.15) is 0 Å². The molecule has 1 unspecified atom stereocenters. The third kappa shape index (κ3) is 15.9. The molecule has 0 aliphatic carbocycles. The number of rotatable bonds is 12. The Morgan fingerprint density at radius 3 is 1.94 bits per heavy atom. The number of ether oxygens (including phenoxy) is 1. The van der Waals surface area contributed by atoms with Crippen LogP contribution in [0.1, 0.15) is 71.1 Å². The largest absolute Gasteiger partial charge is 0.449 e. The molecule has 106 valence electrons. The van der Waals surface area contributed by atoms with Crippen LogP contribution in [0.5, 0.6) is 0 Å². The maximum absolute atomic E-state index is 9.97. The molecule has 0 aromatic heterocycles. The van der Waals surface area contributed by atoms with Gasteiger partial charge in [0.05, 0.1) is 0 Å². The topological polar surface area (TPSA) is 52.3 Å². The van der Waals surface area contributed by atoms with E-state index in [1.807, 2.05) is 0 Å². The summed E-state index contributed by atoms with van der Waals surface area (Å²) in [7, 11) is 0. The molecule has 0 saturated heterocycles. The van der Waals surface area contributed by atoms with Crippen LogP contribution in [0.3, 0.4) is 0 Å². The summed E-state index contributed by atoms with van der Waals surface area (Å²) < 4.78 is 4.61. The summed E-state index contributed by atoms with van der Waals surface area (Å²) in [4.78, 5) is 9.97. The van der Waals surface area contributed by atoms with Crippen LogP contribution < -0.4 is 5.73 Å². The van der Waals surface area contributed by atoms with Gasteiger partial charge in [-0.3, -0.25) is 10.5 Å².